The smallest absolute Gasteiger partial charge is 0.357 e. The van der Waals surface area contributed by atoms with Crippen LogP contribution in [0.4, 0.5) is 13.2 Å². The van der Waals surface area contributed by atoms with Crippen LogP contribution >= 0.6 is 0 Å². The molecule has 0 spiro atoms. The summed E-state index contributed by atoms with van der Waals surface area (Å²) in [5.41, 5.74) is -5.23. The zero-order valence-corrected chi connectivity index (χ0v) is 17.4. The van der Waals surface area contributed by atoms with Crippen molar-refractivity contribution in [1.29, 1.82) is 0 Å². The molecule has 0 bridgehead atoms. The molecule has 7 nitrogen and oxygen atoms in total. The highest BCUT2D eigenvalue weighted by Gasteiger charge is 2.50. The molecule has 2 aliphatic rings. The minimum absolute atomic E-state index is 0.101. The average molecular weight is 428 g/mol. The lowest BCUT2D eigenvalue weighted by atomic mass is 9.98. The number of hydrogen-bond donors (Lipinski definition) is 2. The molecule has 0 saturated carbocycles. The Morgan fingerprint density at radius 2 is 1.79 bits per heavy atom. The van der Waals surface area contributed by atoms with Crippen LogP contribution in [0, 0.1) is 11.8 Å². The molecule has 0 aromatic rings. The van der Waals surface area contributed by atoms with Crippen LogP contribution in [0.1, 0.15) is 32.6 Å². The summed E-state index contributed by atoms with van der Waals surface area (Å²) >= 11 is 0. The molecule has 28 heavy (non-hydrogen) atoms. The number of guanidine groups is 1. The van der Waals surface area contributed by atoms with Crippen molar-refractivity contribution in [1.82, 2.24) is 19.8 Å². The molecule has 0 amide bonds. The lowest BCUT2D eigenvalue weighted by Crippen LogP contribution is -2.47. The lowest BCUT2D eigenvalue weighted by molar-refractivity contribution is -0.0496. The van der Waals surface area contributed by atoms with Gasteiger partial charge in [-0.3, -0.25) is 4.99 Å². The number of alkyl halides is 3. The monoisotopic (exact) mass is 427 g/mol. The second kappa shape index (κ2) is 10.1. The third-order valence-electron chi connectivity index (χ3n) is 5.34. The Morgan fingerprint density at radius 1 is 1.11 bits per heavy atom. The Morgan fingerprint density at radius 3 is 2.36 bits per heavy atom. The van der Waals surface area contributed by atoms with Crippen molar-refractivity contribution in [3.05, 3.63) is 0 Å². The Balaban J connectivity index is 1.80. The topological polar surface area (TPSA) is 77.0 Å². The molecule has 2 N–H and O–H groups in total. The molecule has 2 rings (SSSR count). The maximum atomic E-state index is 12.6. The summed E-state index contributed by atoms with van der Waals surface area (Å²) in [7, 11) is -3.10. The standard InChI is InChI=1S/C17H32F3N5O2S/c1-3-21-16(23-12-15-5-4-8-24(2)13-15)22-11-14-6-9-25(10-7-14)28(26,27)17(18,19)20/h14-15H,3-13H2,1-2H3,(H2,21,22,23). The first-order chi connectivity index (χ1) is 13.1. The lowest BCUT2D eigenvalue weighted by Gasteiger charge is -2.32. The summed E-state index contributed by atoms with van der Waals surface area (Å²) in [6.07, 6.45) is 3.14. The van der Waals surface area contributed by atoms with Gasteiger partial charge < -0.3 is 15.5 Å². The fourth-order valence-corrected chi connectivity index (χ4v) is 4.71. The fraction of sp³-hybridized carbons (Fsp3) is 0.941. The number of aliphatic imine (C=N–C) groups is 1. The van der Waals surface area contributed by atoms with Crippen LogP contribution in [0.15, 0.2) is 4.99 Å². The number of nitrogens with one attached hydrogen (secondary N) is 2. The van der Waals surface area contributed by atoms with Gasteiger partial charge in [-0.2, -0.15) is 17.5 Å². The predicted molar refractivity (Wildman–Crippen MR) is 103 cm³/mol. The van der Waals surface area contributed by atoms with Gasteiger partial charge in [-0.05, 0) is 58.0 Å². The Bertz CT molecular complexity index is 619. The van der Waals surface area contributed by atoms with E-state index in [-0.39, 0.29) is 19.0 Å². The van der Waals surface area contributed by atoms with Gasteiger partial charge in [0.1, 0.15) is 0 Å². The quantitative estimate of drug-likeness (QED) is 0.496. The first-order valence-electron chi connectivity index (χ1n) is 9.90. The van der Waals surface area contributed by atoms with Gasteiger partial charge in [0.2, 0.25) is 0 Å². The molecule has 164 valence electrons. The third kappa shape index (κ3) is 6.48. The van der Waals surface area contributed by atoms with E-state index in [1.54, 1.807) is 0 Å². The summed E-state index contributed by atoms with van der Waals surface area (Å²) < 4.78 is 61.4. The summed E-state index contributed by atoms with van der Waals surface area (Å²) in [4.78, 5) is 6.97. The van der Waals surface area contributed by atoms with E-state index in [9.17, 15) is 21.6 Å². The summed E-state index contributed by atoms with van der Waals surface area (Å²) in [6.45, 7) is 5.96. The summed E-state index contributed by atoms with van der Waals surface area (Å²) in [5.74, 6) is 1.36. The molecule has 11 heteroatoms. The Labute approximate surface area is 165 Å². The number of likely N-dealkylation sites (tertiary alicyclic amines) is 1. The van der Waals surface area contributed by atoms with E-state index in [2.05, 4.69) is 27.6 Å². The van der Waals surface area contributed by atoms with Gasteiger partial charge in [0.05, 0.1) is 0 Å². The second-order valence-electron chi connectivity index (χ2n) is 7.66. The van der Waals surface area contributed by atoms with Crippen molar-refractivity contribution in [3.63, 3.8) is 0 Å². The number of sulfonamides is 1. The Hall–Kier alpha value is -1.07. The molecule has 0 aliphatic carbocycles. The van der Waals surface area contributed by atoms with Crippen molar-refractivity contribution >= 4 is 16.0 Å². The first-order valence-corrected chi connectivity index (χ1v) is 11.3. The van der Waals surface area contributed by atoms with Crippen LogP contribution in [0.5, 0.6) is 0 Å². The van der Waals surface area contributed by atoms with Gasteiger partial charge in [-0.1, -0.05) is 0 Å². The van der Waals surface area contributed by atoms with Crippen molar-refractivity contribution in [2.75, 3.05) is 52.9 Å². The van der Waals surface area contributed by atoms with Crippen LogP contribution in [-0.4, -0.2) is 82.0 Å². The molecule has 2 saturated heterocycles. The maximum Gasteiger partial charge on any atom is 0.511 e. The van der Waals surface area contributed by atoms with E-state index in [0.29, 0.717) is 35.6 Å². The SMILES string of the molecule is CCNC(=NCC1CCCN(C)C1)NCC1CCN(S(=O)(=O)C(F)(F)F)CC1. The predicted octanol–water partition coefficient (Wildman–Crippen LogP) is 1.44. The van der Waals surface area contributed by atoms with Gasteiger partial charge in [-0.15, -0.1) is 0 Å². The highest BCUT2D eigenvalue weighted by molar-refractivity contribution is 7.90. The minimum Gasteiger partial charge on any atom is -0.357 e. The van der Waals surface area contributed by atoms with Crippen molar-refractivity contribution in [2.45, 2.75) is 38.1 Å². The molecule has 2 fully saturated rings. The van der Waals surface area contributed by atoms with Crippen LogP contribution in [0.3, 0.4) is 0 Å². The number of hydrogen-bond acceptors (Lipinski definition) is 4. The van der Waals surface area contributed by atoms with Gasteiger partial charge in [0, 0.05) is 39.3 Å². The number of nitrogens with zero attached hydrogens (tertiary/aromatic N) is 3. The minimum atomic E-state index is -5.23. The normalized spacial score (nSPS) is 24.3. The van der Waals surface area contributed by atoms with E-state index in [1.165, 1.54) is 12.8 Å². The number of halogens is 3. The molecule has 0 radical (unpaired) electrons. The van der Waals surface area contributed by atoms with Gasteiger partial charge in [0.15, 0.2) is 5.96 Å². The van der Waals surface area contributed by atoms with E-state index in [0.717, 1.165) is 26.2 Å². The first kappa shape index (κ1) is 23.2. The van der Waals surface area contributed by atoms with Crippen molar-refractivity contribution in [3.8, 4) is 0 Å². The fourth-order valence-electron chi connectivity index (χ4n) is 3.73. The van der Waals surface area contributed by atoms with E-state index < -0.39 is 15.5 Å². The molecular formula is C17H32F3N5O2S. The molecule has 0 aromatic heterocycles. The summed E-state index contributed by atoms with van der Waals surface area (Å²) in [6, 6.07) is 0. The van der Waals surface area contributed by atoms with Crippen molar-refractivity contribution < 1.29 is 21.6 Å². The van der Waals surface area contributed by atoms with Gasteiger partial charge >= 0.3 is 15.5 Å². The van der Waals surface area contributed by atoms with Gasteiger partial charge in [-0.25, -0.2) is 8.42 Å². The number of rotatable bonds is 6. The highest BCUT2D eigenvalue weighted by Crippen LogP contribution is 2.30. The molecule has 2 aliphatic heterocycles. The van der Waals surface area contributed by atoms with Crippen LogP contribution in [-0.2, 0) is 10.0 Å². The van der Waals surface area contributed by atoms with Crippen LogP contribution < -0.4 is 10.6 Å². The van der Waals surface area contributed by atoms with E-state index in [4.69, 9.17) is 0 Å². The van der Waals surface area contributed by atoms with Crippen LogP contribution in [0.25, 0.3) is 0 Å². The Kier molecular flexibility index (Phi) is 8.38. The molecule has 2 heterocycles. The summed E-state index contributed by atoms with van der Waals surface area (Å²) in [5, 5.41) is 6.46. The largest absolute Gasteiger partial charge is 0.511 e. The molecule has 0 aromatic carbocycles. The number of piperidine rings is 2. The van der Waals surface area contributed by atoms with E-state index >= 15 is 0 Å². The van der Waals surface area contributed by atoms with E-state index in [1.807, 2.05) is 6.92 Å². The second-order valence-corrected chi connectivity index (χ2v) is 9.59. The maximum absolute atomic E-state index is 12.6. The molecule has 1 unspecified atom stereocenters. The van der Waals surface area contributed by atoms with Crippen molar-refractivity contribution in [2.24, 2.45) is 16.8 Å². The molecule has 1 atom stereocenters. The zero-order chi connectivity index (χ0) is 20.8. The third-order valence-corrected chi connectivity index (χ3v) is 6.97. The van der Waals surface area contributed by atoms with Gasteiger partial charge in [0.25, 0.3) is 0 Å². The van der Waals surface area contributed by atoms with Crippen LogP contribution in [0.2, 0.25) is 0 Å². The highest BCUT2D eigenvalue weighted by atomic mass is 32.2. The average Bonchev–Trinajstić information content (AvgIpc) is 2.63. The zero-order valence-electron chi connectivity index (χ0n) is 16.6. The molecular weight excluding hydrogens is 395 g/mol.